The fraction of sp³-hybridized carbons (Fsp3) is 0.167. The van der Waals surface area contributed by atoms with Gasteiger partial charge in [-0.1, -0.05) is 29.8 Å². The van der Waals surface area contributed by atoms with Crippen LogP contribution in [0.1, 0.15) is 16.1 Å². The number of H-pyrrole nitrogens is 1. The maximum atomic E-state index is 12.2. The van der Waals surface area contributed by atoms with Gasteiger partial charge in [-0.15, -0.1) is 0 Å². The number of hydrogen-bond donors (Lipinski definition) is 2. The van der Waals surface area contributed by atoms with Crippen molar-refractivity contribution in [1.29, 1.82) is 0 Å². The molecule has 0 fully saturated rings. The number of rotatable bonds is 5. The van der Waals surface area contributed by atoms with Crippen molar-refractivity contribution in [2.75, 3.05) is 13.7 Å². The first kappa shape index (κ1) is 15.4. The lowest BCUT2D eigenvalue weighted by atomic mass is 10.1. The van der Waals surface area contributed by atoms with Crippen LogP contribution in [-0.2, 0) is 6.42 Å². The Labute approximate surface area is 139 Å². The number of methoxy groups -OCH3 is 1. The molecule has 1 aromatic heterocycles. The number of hydrogen-bond acceptors (Lipinski definition) is 2. The van der Waals surface area contributed by atoms with E-state index in [2.05, 4.69) is 10.3 Å². The van der Waals surface area contributed by atoms with E-state index in [9.17, 15) is 4.79 Å². The monoisotopic (exact) mass is 328 g/mol. The van der Waals surface area contributed by atoms with Crippen molar-refractivity contribution in [3.05, 3.63) is 64.8 Å². The summed E-state index contributed by atoms with van der Waals surface area (Å²) in [6.07, 6.45) is 0.710. The summed E-state index contributed by atoms with van der Waals surface area (Å²) in [5, 5.41) is 4.49. The maximum absolute atomic E-state index is 12.2. The van der Waals surface area contributed by atoms with Crippen LogP contribution >= 0.6 is 11.6 Å². The predicted molar refractivity (Wildman–Crippen MR) is 92.3 cm³/mol. The molecular formula is C18H17ClN2O2. The van der Waals surface area contributed by atoms with Crippen molar-refractivity contribution in [2.24, 2.45) is 0 Å². The number of ether oxygens (including phenoxy) is 1. The van der Waals surface area contributed by atoms with Gasteiger partial charge in [0.15, 0.2) is 0 Å². The van der Waals surface area contributed by atoms with E-state index in [4.69, 9.17) is 16.3 Å². The molecule has 2 N–H and O–H groups in total. The van der Waals surface area contributed by atoms with Crippen LogP contribution in [0.5, 0.6) is 5.75 Å². The topological polar surface area (TPSA) is 54.1 Å². The molecular weight excluding hydrogens is 312 g/mol. The molecule has 23 heavy (non-hydrogen) atoms. The Bertz CT molecular complexity index is 842. The molecule has 1 amide bonds. The summed E-state index contributed by atoms with van der Waals surface area (Å²) >= 11 is 5.96. The van der Waals surface area contributed by atoms with E-state index in [1.165, 1.54) is 0 Å². The molecule has 0 bridgehead atoms. The Hall–Kier alpha value is -2.46. The number of benzene rings is 2. The van der Waals surface area contributed by atoms with E-state index in [0.29, 0.717) is 23.7 Å². The van der Waals surface area contributed by atoms with Gasteiger partial charge in [0.1, 0.15) is 11.4 Å². The van der Waals surface area contributed by atoms with Crippen LogP contribution in [0.4, 0.5) is 0 Å². The van der Waals surface area contributed by atoms with Gasteiger partial charge in [-0.3, -0.25) is 4.79 Å². The quantitative estimate of drug-likeness (QED) is 0.748. The van der Waals surface area contributed by atoms with E-state index >= 15 is 0 Å². The van der Waals surface area contributed by atoms with Crippen molar-refractivity contribution in [1.82, 2.24) is 10.3 Å². The number of carbonyl (C=O) groups excluding carboxylic acids is 1. The first-order chi connectivity index (χ1) is 11.2. The Morgan fingerprint density at radius 2 is 2.04 bits per heavy atom. The molecule has 0 aliphatic carbocycles. The Morgan fingerprint density at radius 1 is 1.22 bits per heavy atom. The van der Waals surface area contributed by atoms with Gasteiger partial charge in [-0.2, -0.15) is 0 Å². The minimum absolute atomic E-state index is 0.132. The molecule has 2 aromatic carbocycles. The predicted octanol–water partition coefficient (Wildman–Crippen LogP) is 3.80. The average molecular weight is 329 g/mol. The summed E-state index contributed by atoms with van der Waals surface area (Å²) in [7, 11) is 1.65. The van der Waals surface area contributed by atoms with Crippen molar-refractivity contribution in [3.63, 3.8) is 0 Å². The molecule has 0 saturated carbocycles. The van der Waals surface area contributed by atoms with Gasteiger partial charge < -0.3 is 15.0 Å². The first-order valence-electron chi connectivity index (χ1n) is 7.36. The van der Waals surface area contributed by atoms with Crippen molar-refractivity contribution >= 4 is 28.4 Å². The fourth-order valence-electron chi connectivity index (χ4n) is 2.54. The maximum Gasteiger partial charge on any atom is 0.267 e. The number of nitrogens with one attached hydrogen (secondary N) is 2. The fourth-order valence-corrected chi connectivity index (χ4v) is 2.72. The highest BCUT2D eigenvalue weighted by atomic mass is 35.5. The molecule has 0 saturated heterocycles. The smallest absolute Gasteiger partial charge is 0.267 e. The van der Waals surface area contributed by atoms with Gasteiger partial charge in [0, 0.05) is 22.5 Å². The summed E-state index contributed by atoms with van der Waals surface area (Å²) in [6.45, 7) is 0.537. The van der Waals surface area contributed by atoms with E-state index < -0.39 is 0 Å². The third-order valence-electron chi connectivity index (χ3n) is 3.70. The first-order valence-corrected chi connectivity index (χ1v) is 7.73. The van der Waals surface area contributed by atoms with E-state index in [0.717, 1.165) is 22.2 Å². The molecule has 4 nitrogen and oxygen atoms in total. The summed E-state index contributed by atoms with van der Waals surface area (Å²) in [4.78, 5) is 15.3. The minimum Gasteiger partial charge on any atom is -0.496 e. The largest absolute Gasteiger partial charge is 0.496 e. The molecule has 0 radical (unpaired) electrons. The SMILES string of the molecule is COc1ccccc1CCNC(=O)c1cc2cc(Cl)ccc2[nH]1. The highest BCUT2D eigenvalue weighted by Crippen LogP contribution is 2.20. The summed E-state index contributed by atoms with van der Waals surface area (Å²) in [5.41, 5.74) is 2.49. The second-order valence-corrected chi connectivity index (χ2v) is 5.67. The number of fused-ring (bicyclic) bond motifs is 1. The van der Waals surface area contributed by atoms with Gasteiger partial charge in [-0.25, -0.2) is 0 Å². The molecule has 0 unspecified atom stereocenters. The summed E-state index contributed by atoms with van der Waals surface area (Å²) in [5.74, 6) is 0.703. The molecule has 0 atom stereocenters. The Kier molecular flexibility index (Phi) is 4.53. The van der Waals surface area contributed by atoms with Crippen LogP contribution in [0.2, 0.25) is 5.02 Å². The van der Waals surface area contributed by atoms with E-state index in [-0.39, 0.29) is 5.91 Å². The van der Waals surface area contributed by atoms with Crippen LogP contribution in [0.15, 0.2) is 48.5 Å². The van der Waals surface area contributed by atoms with Crippen molar-refractivity contribution in [3.8, 4) is 5.75 Å². The Balaban J connectivity index is 1.64. The lowest BCUT2D eigenvalue weighted by Gasteiger charge is -2.08. The molecule has 0 aliphatic heterocycles. The molecule has 0 aliphatic rings. The van der Waals surface area contributed by atoms with Gasteiger partial charge in [0.05, 0.1) is 7.11 Å². The molecule has 118 valence electrons. The average Bonchev–Trinajstić information content (AvgIpc) is 2.98. The van der Waals surface area contributed by atoms with Crippen molar-refractivity contribution < 1.29 is 9.53 Å². The van der Waals surface area contributed by atoms with Gasteiger partial charge >= 0.3 is 0 Å². The zero-order chi connectivity index (χ0) is 16.2. The lowest BCUT2D eigenvalue weighted by Crippen LogP contribution is -2.26. The summed E-state index contributed by atoms with van der Waals surface area (Å²) < 4.78 is 5.31. The highest BCUT2D eigenvalue weighted by Gasteiger charge is 2.10. The molecule has 0 spiro atoms. The molecule has 5 heteroatoms. The van der Waals surface area contributed by atoms with Crippen LogP contribution in [0, 0.1) is 0 Å². The molecule has 1 heterocycles. The summed E-state index contributed by atoms with van der Waals surface area (Å²) in [6, 6.07) is 15.1. The molecule has 3 rings (SSSR count). The van der Waals surface area contributed by atoms with Gasteiger partial charge in [0.25, 0.3) is 5.91 Å². The third-order valence-corrected chi connectivity index (χ3v) is 3.93. The van der Waals surface area contributed by atoms with Gasteiger partial charge in [0.2, 0.25) is 0 Å². The zero-order valence-electron chi connectivity index (χ0n) is 12.7. The van der Waals surface area contributed by atoms with Gasteiger partial charge in [-0.05, 0) is 42.3 Å². The third kappa shape index (κ3) is 3.48. The second-order valence-electron chi connectivity index (χ2n) is 5.23. The number of halogens is 1. The highest BCUT2D eigenvalue weighted by molar-refractivity contribution is 6.31. The van der Waals surface area contributed by atoms with Crippen LogP contribution in [0.25, 0.3) is 10.9 Å². The number of aromatic nitrogens is 1. The van der Waals surface area contributed by atoms with E-state index in [1.807, 2.05) is 36.4 Å². The standard InChI is InChI=1S/C18H17ClN2O2/c1-23-17-5-3-2-4-12(17)8-9-20-18(22)16-11-13-10-14(19)6-7-15(13)21-16/h2-7,10-11,21H,8-9H2,1H3,(H,20,22). The number of carbonyl (C=O) groups is 1. The van der Waals surface area contributed by atoms with Crippen LogP contribution in [-0.4, -0.2) is 24.5 Å². The van der Waals surface area contributed by atoms with E-state index in [1.54, 1.807) is 19.2 Å². The normalized spacial score (nSPS) is 10.7. The molecule has 3 aromatic rings. The number of para-hydroxylation sites is 1. The number of amides is 1. The zero-order valence-corrected chi connectivity index (χ0v) is 13.5. The Morgan fingerprint density at radius 3 is 2.87 bits per heavy atom. The second kappa shape index (κ2) is 6.75. The number of aromatic amines is 1. The van der Waals surface area contributed by atoms with Crippen LogP contribution < -0.4 is 10.1 Å². The van der Waals surface area contributed by atoms with Crippen molar-refractivity contribution in [2.45, 2.75) is 6.42 Å². The minimum atomic E-state index is -0.132. The lowest BCUT2D eigenvalue weighted by molar-refractivity contribution is 0.0950. The van der Waals surface area contributed by atoms with Crippen LogP contribution in [0.3, 0.4) is 0 Å².